The summed E-state index contributed by atoms with van der Waals surface area (Å²) in [5.41, 5.74) is 0. The Morgan fingerprint density at radius 2 is 1.88 bits per heavy atom. The molecule has 2 nitrogen and oxygen atoms in total. The number of carbonyl (C=O) groups is 1. The third kappa shape index (κ3) is 4.27. The fourth-order valence-electron chi connectivity index (χ4n) is 1.28. The summed E-state index contributed by atoms with van der Waals surface area (Å²) in [5, 5.41) is 0. The van der Waals surface area contributed by atoms with E-state index in [-0.39, 0.29) is 16.9 Å². The summed E-state index contributed by atoms with van der Waals surface area (Å²) in [5.74, 6) is 0.511. The molecule has 0 saturated heterocycles. The van der Waals surface area contributed by atoms with Crippen molar-refractivity contribution in [3.63, 3.8) is 0 Å². The van der Waals surface area contributed by atoms with Gasteiger partial charge in [0.15, 0.2) is 4.90 Å². The van der Waals surface area contributed by atoms with Crippen LogP contribution in [-0.2, 0) is 15.7 Å². The number of ether oxygens (including phenoxy) is 1. The molecule has 0 saturated carbocycles. The second-order valence-corrected chi connectivity index (χ2v) is 5.97. The fourth-order valence-corrected chi connectivity index (χ4v) is 1.96. The Morgan fingerprint density at radius 3 is 2.38 bits per heavy atom. The Bertz CT molecular complexity index is 330. The summed E-state index contributed by atoms with van der Waals surface area (Å²) < 4.78 is 5.22. The molecule has 1 aromatic rings. The maximum absolute atomic E-state index is 11.4. The molecule has 1 rings (SSSR count). The molecule has 0 radical (unpaired) electrons. The second-order valence-electron chi connectivity index (χ2n) is 3.87. The third-order valence-corrected chi connectivity index (χ3v) is 3.48. The van der Waals surface area contributed by atoms with Crippen LogP contribution in [-0.4, -0.2) is 18.5 Å². The van der Waals surface area contributed by atoms with Crippen molar-refractivity contribution in [2.24, 2.45) is 0 Å². The molecule has 0 amide bonds. The van der Waals surface area contributed by atoms with Crippen LogP contribution in [0, 0.1) is 0 Å². The molecule has 0 heterocycles. The number of rotatable bonds is 5. The Labute approximate surface area is 100 Å². The molecule has 1 aromatic carbocycles. The summed E-state index contributed by atoms with van der Waals surface area (Å²) in [6, 6.07) is 7.77. The second kappa shape index (κ2) is 6.59. The number of esters is 1. The van der Waals surface area contributed by atoms with Gasteiger partial charge in [0.2, 0.25) is 0 Å². The van der Waals surface area contributed by atoms with Crippen molar-refractivity contribution in [3.05, 3.63) is 24.3 Å². The van der Waals surface area contributed by atoms with Crippen LogP contribution < -0.4 is 4.74 Å². The van der Waals surface area contributed by atoms with Gasteiger partial charge in [-0.05, 0) is 30.7 Å². The van der Waals surface area contributed by atoms with E-state index in [0.29, 0.717) is 12.2 Å². The van der Waals surface area contributed by atoms with Gasteiger partial charge in [-0.1, -0.05) is 13.3 Å². The molecule has 0 spiro atoms. The standard InChI is InChI=1S/C13H19O2S/c1-4-5-6-13(14)15-11-7-9-12(10-8-11)16(2)3/h7-10H,4-6H2,1-3H3/q+1. The third-order valence-electron chi connectivity index (χ3n) is 2.26. The highest BCUT2D eigenvalue weighted by Gasteiger charge is 2.09. The first-order chi connectivity index (χ1) is 7.63. The van der Waals surface area contributed by atoms with Gasteiger partial charge in [-0.15, -0.1) is 0 Å². The lowest BCUT2D eigenvalue weighted by molar-refractivity contribution is -0.134. The van der Waals surface area contributed by atoms with E-state index in [9.17, 15) is 4.79 Å². The Hall–Kier alpha value is -0.960. The summed E-state index contributed by atoms with van der Waals surface area (Å²) in [6.45, 7) is 2.06. The lowest BCUT2D eigenvalue weighted by Gasteiger charge is -2.03. The van der Waals surface area contributed by atoms with Crippen LogP contribution in [0.3, 0.4) is 0 Å². The summed E-state index contributed by atoms with van der Waals surface area (Å²) in [7, 11) is 0.255. The van der Waals surface area contributed by atoms with E-state index in [0.717, 1.165) is 12.8 Å². The van der Waals surface area contributed by atoms with Gasteiger partial charge in [-0.2, -0.15) is 0 Å². The van der Waals surface area contributed by atoms with Crippen molar-refractivity contribution in [1.82, 2.24) is 0 Å². The summed E-state index contributed by atoms with van der Waals surface area (Å²) >= 11 is 0. The van der Waals surface area contributed by atoms with Gasteiger partial charge in [0.25, 0.3) is 0 Å². The predicted molar refractivity (Wildman–Crippen MR) is 69.1 cm³/mol. The zero-order chi connectivity index (χ0) is 12.0. The van der Waals surface area contributed by atoms with Gasteiger partial charge in [0.05, 0.1) is 0 Å². The van der Waals surface area contributed by atoms with Crippen molar-refractivity contribution in [3.8, 4) is 5.75 Å². The Balaban J connectivity index is 2.51. The lowest BCUT2D eigenvalue weighted by atomic mass is 10.2. The maximum atomic E-state index is 11.4. The first kappa shape index (κ1) is 13.1. The SMILES string of the molecule is CCCCC(=O)Oc1ccc([S+](C)C)cc1. The van der Waals surface area contributed by atoms with Crippen LogP contribution in [0.4, 0.5) is 0 Å². The minimum absolute atomic E-state index is 0.137. The van der Waals surface area contributed by atoms with E-state index in [1.54, 1.807) is 0 Å². The minimum Gasteiger partial charge on any atom is -0.427 e. The van der Waals surface area contributed by atoms with Crippen LogP contribution in [0.5, 0.6) is 5.75 Å². The van der Waals surface area contributed by atoms with Crippen LogP contribution in [0.25, 0.3) is 0 Å². The molecule has 0 aliphatic carbocycles. The average Bonchev–Trinajstić information content (AvgIpc) is 2.27. The van der Waals surface area contributed by atoms with Crippen molar-refractivity contribution in [2.45, 2.75) is 31.1 Å². The molecule has 0 unspecified atom stereocenters. The fraction of sp³-hybridized carbons (Fsp3) is 0.462. The van der Waals surface area contributed by atoms with Crippen LogP contribution in [0.15, 0.2) is 29.2 Å². The smallest absolute Gasteiger partial charge is 0.311 e. The Kier molecular flexibility index (Phi) is 5.39. The van der Waals surface area contributed by atoms with E-state index in [2.05, 4.69) is 19.4 Å². The van der Waals surface area contributed by atoms with Gasteiger partial charge in [-0.3, -0.25) is 4.79 Å². The van der Waals surface area contributed by atoms with Crippen molar-refractivity contribution < 1.29 is 9.53 Å². The molecule has 0 atom stereocenters. The average molecular weight is 239 g/mol. The molecule has 3 heteroatoms. The van der Waals surface area contributed by atoms with Crippen molar-refractivity contribution >= 4 is 16.9 Å². The molecular weight excluding hydrogens is 220 g/mol. The van der Waals surface area contributed by atoms with E-state index in [4.69, 9.17) is 4.74 Å². The molecule has 0 bridgehead atoms. The van der Waals surface area contributed by atoms with Gasteiger partial charge >= 0.3 is 5.97 Å². The lowest BCUT2D eigenvalue weighted by Crippen LogP contribution is -2.07. The Morgan fingerprint density at radius 1 is 1.25 bits per heavy atom. The highest BCUT2D eigenvalue weighted by atomic mass is 32.2. The molecule has 16 heavy (non-hydrogen) atoms. The number of unbranched alkanes of at least 4 members (excludes halogenated alkanes) is 1. The van der Waals surface area contributed by atoms with E-state index in [1.807, 2.05) is 24.3 Å². The zero-order valence-electron chi connectivity index (χ0n) is 10.2. The maximum Gasteiger partial charge on any atom is 0.311 e. The first-order valence-corrected chi connectivity index (χ1v) is 7.56. The highest BCUT2D eigenvalue weighted by molar-refractivity contribution is 7.95. The van der Waals surface area contributed by atoms with Gasteiger partial charge < -0.3 is 4.74 Å². The molecule has 0 N–H and O–H groups in total. The van der Waals surface area contributed by atoms with E-state index >= 15 is 0 Å². The summed E-state index contributed by atoms with van der Waals surface area (Å²) in [6.07, 6.45) is 6.75. The number of hydrogen-bond donors (Lipinski definition) is 0. The van der Waals surface area contributed by atoms with Crippen LogP contribution in [0.2, 0.25) is 0 Å². The van der Waals surface area contributed by atoms with E-state index in [1.165, 1.54) is 4.90 Å². The molecular formula is C13H19O2S+. The van der Waals surface area contributed by atoms with Crippen molar-refractivity contribution in [2.75, 3.05) is 12.5 Å². The molecule has 0 aliphatic rings. The number of carbonyl (C=O) groups excluding carboxylic acids is 1. The van der Waals surface area contributed by atoms with Crippen LogP contribution >= 0.6 is 0 Å². The van der Waals surface area contributed by atoms with Gasteiger partial charge in [0, 0.05) is 17.3 Å². The zero-order valence-corrected chi connectivity index (χ0v) is 11.0. The largest absolute Gasteiger partial charge is 0.427 e. The molecule has 0 fully saturated rings. The molecule has 0 aliphatic heterocycles. The van der Waals surface area contributed by atoms with Gasteiger partial charge in [0.1, 0.15) is 18.3 Å². The number of benzene rings is 1. The van der Waals surface area contributed by atoms with E-state index < -0.39 is 0 Å². The normalized spacial score (nSPS) is 10.5. The topological polar surface area (TPSA) is 26.3 Å². The monoisotopic (exact) mass is 239 g/mol. The quantitative estimate of drug-likeness (QED) is 0.448. The highest BCUT2D eigenvalue weighted by Crippen LogP contribution is 2.16. The van der Waals surface area contributed by atoms with Gasteiger partial charge in [-0.25, -0.2) is 0 Å². The van der Waals surface area contributed by atoms with Crippen LogP contribution in [0.1, 0.15) is 26.2 Å². The van der Waals surface area contributed by atoms with Crippen molar-refractivity contribution in [1.29, 1.82) is 0 Å². The number of hydrogen-bond acceptors (Lipinski definition) is 2. The minimum atomic E-state index is -0.137. The summed E-state index contributed by atoms with van der Waals surface area (Å²) in [4.78, 5) is 12.7. The predicted octanol–water partition coefficient (Wildman–Crippen LogP) is 3.02. The molecule has 88 valence electrons. The first-order valence-electron chi connectivity index (χ1n) is 5.52. The molecule has 0 aromatic heterocycles.